The largest absolute Gasteiger partial charge is 0.396 e. The Kier molecular flexibility index (Phi) is 3.93. The van der Waals surface area contributed by atoms with Crippen LogP contribution in [0.15, 0.2) is 60.7 Å². The van der Waals surface area contributed by atoms with Crippen molar-refractivity contribution in [2.24, 2.45) is 0 Å². The Labute approximate surface area is 141 Å². The van der Waals surface area contributed by atoms with Crippen LogP contribution in [0.4, 0.5) is 0 Å². The lowest BCUT2D eigenvalue weighted by atomic mass is 9.92. The van der Waals surface area contributed by atoms with Gasteiger partial charge in [0, 0.05) is 13.2 Å². The summed E-state index contributed by atoms with van der Waals surface area (Å²) in [5.74, 6) is 0. The van der Waals surface area contributed by atoms with Crippen LogP contribution in [0.3, 0.4) is 0 Å². The molecule has 0 spiro atoms. The summed E-state index contributed by atoms with van der Waals surface area (Å²) in [5.41, 5.74) is 2.25. The molecule has 0 saturated heterocycles. The summed E-state index contributed by atoms with van der Waals surface area (Å²) in [6.45, 7) is 0.250. The first-order valence-corrected chi connectivity index (χ1v) is 8.39. The number of hydrogen-bond donors (Lipinski definition) is 2. The van der Waals surface area contributed by atoms with Gasteiger partial charge in [-0.15, -0.1) is 0 Å². The Morgan fingerprint density at radius 3 is 1.92 bits per heavy atom. The molecule has 0 saturated carbocycles. The molecule has 0 fully saturated rings. The summed E-state index contributed by atoms with van der Waals surface area (Å²) in [6.07, 6.45) is 1.25. The molecular weight excluding hydrogens is 296 g/mol. The van der Waals surface area contributed by atoms with Gasteiger partial charge >= 0.3 is 0 Å². The quantitative estimate of drug-likeness (QED) is 0.554. The van der Waals surface area contributed by atoms with E-state index in [1.807, 2.05) is 0 Å². The maximum atomic E-state index is 9.38. The highest BCUT2D eigenvalue weighted by Gasteiger charge is 2.09. The van der Waals surface area contributed by atoms with Gasteiger partial charge in [-0.25, -0.2) is 0 Å². The van der Waals surface area contributed by atoms with Gasteiger partial charge in [0.1, 0.15) is 0 Å². The summed E-state index contributed by atoms with van der Waals surface area (Å²) < 4.78 is 0. The maximum absolute atomic E-state index is 9.38. The molecule has 0 aliphatic rings. The minimum absolute atomic E-state index is 0.123. The predicted octanol–water partition coefficient (Wildman–Crippen LogP) is 4.22. The minimum atomic E-state index is 0.123. The average molecular weight is 316 g/mol. The number of aliphatic hydroxyl groups excluding tert-OH is 2. The lowest BCUT2D eigenvalue weighted by Gasteiger charge is -2.13. The van der Waals surface area contributed by atoms with Gasteiger partial charge in [-0.05, 0) is 56.3 Å². The molecule has 0 aromatic heterocycles. The first-order chi connectivity index (χ1) is 11.8. The molecule has 2 N–H and O–H groups in total. The monoisotopic (exact) mass is 316 g/mol. The molecule has 0 bridgehead atoms. The van der Waals surface area contributed by atoms with E-state index >= 15 is 0 Å². The average Bonchev–Trinajstić information content (AvgIpc) is 2.62. The van der Waals surface area contributed by atoms with E-state index < -0.39 is 0 Å². The fraction of sp³-hybridized carbons (Fsp3) is 0.182. The van der Waals surface area contributed by atoms with Gasteiger partial charge in [-0.3, -0.25) is 0 Å². The van der Waals surface area contributed by atoms with Crippen LogP contribution in [0.25, 0.3) is 32.3 Å². The molecule has 0 amide bonds. The lowest BCUT2D eigenvalue weighted by molar-refractivity contribution is 0.293. The van der Waals surface area contributed by atoms with Crippen molar-refractivity contribution in [2.45, 2.75) is 12.8 Å². The van der Waals surface area contributed by atoms with Crippen LogP contribution in [-0.4, -0.2) is 23.4 Å². The zero-order chi connectivity index (χ0) is 16.5. The van der Waals surface area contributed by atoms with Crippen LogP contribution >= 0.6 is 0 Å². The normalized spacial score (nSPS) is 11.6. The fourth-order valence-corrected chi connectivity index (χ4v) is 3.67. The van der Waals surface area contributed by atoms with Crippen LogP contribution in [0.1, 0.15) is 11.1 Å². The molecule has 0 aliphatic heterocycles. The zero-order valence-electron chi connectivity index (χ0n) is 13.5. The molecule has 24 heavy (non-hydrogen) atoms. The summed E-state index contributed by atoms with van der Waals surface area (Å²) >= 11 is 0. The smallest absolute Gasteiger partial charge is 0.0471 e. The van der Waals surface area contributed by atoms with E-state index in [9.17, 15) is 10.2 Å². The second-order valence-electron chi connectivity index (χ2n) is 6.24. The summed E-state index contributed by atoms with van der Waals surface area (Å²) in [7, 11) is 0. The first-order valence-electron chi connectivity index (χ1n) is 8.39. The third-order valence-corrected chi connectivity index (χ3v) is 4.82. The highest BCUT2D eigenvalue weighted by Crippen LogP contribution is 2.33. The number of rotatable bonds is 4. The van der Waals surface area contributed by atoms with Crippen molar-refractivity contribution in [2.75, 3.05) is 13.2 Å². The van der Waals surface area contributed by atoms with Gasteiger partial charge in [-0.2, -0.15) is 0 Å². The van der Waals surface area contributed by atoms with Crippen molar-refractivity contribution in [3.8, 4) is 0 Å². The standard InChI is InChI=1S/C22H20O2/c23-11-9-16-13-18-6-8-20-19-4-2-1-3-15(19)5-7-21(20)22(18)14-17(16)10-12-24/h1-8,13-14,23-24H,9-12H2. The van der Waals surface area contributed by atoms with Crippen molar-refractivity contribution in [3.05, 3.63) is 71.8 Å². The number of aliphatic hydroxyl groups is 2. The molecule has 2 nitrogen and oxygen atoms in total. The van der Waals surface area contributed by atoms with Crippen LogP contribution in [0.5, 0.6) is 0 Å². The SMILES string of the molecule is OCCc1cc2ccc3c4ccccc4ccc3c2cc1CCO. The van der Waals surface area contributed by atoms with Crippen molar-refractivity contribution >= 4 is 32.3 Å². The predicted molar refractivity (Wildman–Crippen MR) is 101 cm³/mol. The fourth-order valence-electron chi connectivity index (χ4n) is 3.67. The van der Waals surface area contributed by atoms with Gasteiger partial charge < -0.3 is 10.2 Å². The Morgan fingerprint density at radius 1 is 0.542 bits per heavy atom. The first kappa shape index (κ1) is 15.1. The molecule has 0 atom stereocenters. The Morgan fingerprint density at radius 2 is 1.17 bits per heavy atom. The van der Waals surface area contributed by atoms with Crippen molar-refractivity contribution < 1.29 is 10.2 Å². The topological polar surface area (TPSA) is 40.5 Å². The molecule has 4 aromatic rings. The molecular formula is C22H20O2. The molecule has 0 aliphatic carbocycles. The number of fused-ring (bicyclic) bond motifs is 5. The third kappa shape index (κ3) is 2.44. The van der Waals surface area contributed by atoms with Gasteiger partial charge in [0.15, 0.2) is 0 Å². The highest BCUT2D eigenvalue weighted by molar-refractivity contribution is 6.17. The molecule has 0 unspecified atom stereocenters. The van der Waals surface area contributed by atoms with Crippen molar-refractivity contribution in [1.82, 2.24) is 0 Å². The zero-order valence-corrected chi connectivity index (χ0v) is 13.5. The van der Waals surface area contributed by atoms with E-state index in [0.717, 1.165) is 11.1 Å². The molecule has 4 aromatic carbocycles. The second-order valence-corrected chi connectivity index (χ2v) is 6.24. The van der Waals surface area contributed by atoms with E-state index in [1.165, 1.54) is 32.3 Å². The Bertz CT molecular complexity index is 1030. The maximum Gasteiger partial charge on any atom is 0.0471 e. The van der Waals surface area contributed by atoms with E-state index in [2.05, 4.69) is 60.7 Å². The van der Waals surface area contributed by atoms with Crippen molar-refractivity contribution in [1.29, 1.82) is 0 Å². The highest BCUT2D eigenvalue weighted by atomic mass is 16.3. The van der Waals surface area contributed by atoms with Gasteiger partial charge in [0.05, 0.1) is 0 Å². The van der Waals surface area contributed by atoms with Crippen molar-refractivity contribution in [3.63, 3.8) is 0 Å². The molecule has 120 valence electrons. The van der Waals surface area contributed by atoms with Crippen LogP contribution in [0, 0.1) is 0 Å². The Hall–Kier alpha value is -2.42. The van der Waals surface area contributed by atoms with E-state index in [1.54, 1.807) is 0 Å². The number of hydrogen-bond acceptors (Lipinski definition) is 2. The summed E-state index contributed by atoms with van der Waals surface area (Å²) in [5, 5.41) is 26.1. The van der Waals surface area contributed by atoms with E-state index in [4.69, 9.17) is 0 Å². The third-order valence-electron chi connectivity index (χ3n) is 4.82. The molecule has 0 heterocycles. The van der Waals surface area contributed by atoms with Gasteiger partial charge in [0.2, 0.25) is 0 Å². The van der Waals surface area contributed by atoms with E-state index in [0.29, 0.717) is 12.8 Å². The number of benzene rings is 4. The van der Waals surface area contributed by atoms with Gasteiger partial charge in [0.25, 0.3) is 0 Å². The summed E-state index contributed by atoms with van der Waals surface area (Å²) in [4.78, 5) is 0. The molecule has 0 radical (unpaired) electrons. The minimum Gasteiger partial charge on any atom is -0.396 e. The lowest BCUT2D eigenvalue weighted by Crippen LogP contribution is -2.00. The molecule has 4 rings (SSSR count). The van der Waals surface area contributed by atoms with E-state index in [-0.39, 0.29) is 13.2 Å². The molecule has 2 heteroatoms. The van der Waals surface area contributed by atoms with Crippen LogP contribution < -0.4 is 0 Å². The van der Waals surface area contributed by atoms with Crippen LogP contribution in [-0.2, 0) is 12.8 Å². The second kappa shape index (κ2) is 6.23. The Balaban J connectivity index is 2.06. The van der Waals surface area contributed by atoms with Gasteiger partial charge in [-0.1, -0.05) is 60.7 Å². The van der Waals surface area contributed by atoms with Crippen LogP contribution in [0.2, 0.25) is 0 Å². The summed E-state index contributed by atoms with van der Waals surface area (Å²) in [6, 6.07) is 21.5.